The molecule has 4 heteroatoms. The van der Waals surface area contributed by atoms with Crippen molar-refractivity contribution < 1.29 is 9.25 Å². The number of benzene rings is 2. The number of rotatable bonds is 5. The molecule has 4 nitrogen and oxygen atoms in total. The molecule has 0 saturated carbocycles. The van der Waals surface area contributed by atoms with Gasteiger partial charge in [-0.1, -0.05) is 48.5 Å². The maximum atomic E-state index is 5.92. The number of nitrogens with two attached hydrogens (primary N) is 1. The van der Waals surface area contributed by atoms with Crippen LogP contribution >= 0.6 is 0 Å². The molecule has 2 heterocycles. The molecule has 1 aromatic heterocycles. The minimum Gasteiger partial charge on any atom is -0.464 e. The van der Waals surface area contributed by atoms with Crippen molar-refractivity contribution in [2.75, 3.05) is 6.54 Å². The topological polar surface area (TPSA) is 51.6 Å². The molecule has 0 spiro atoms. The Balaban J connectivity index is 1.49. The first kappa shape index (κ1) is 14.8. The number of nitrogens with zero attached hydrogens (tertiary/aromatic N) is 1. The SMILES string of the molecule is NC1=CC(c2coc3ccccc23)N(CCCc2ccccc2)O1. The second-order valence-corrected chi connectivity index (χ2v) is 6.02. The summed E-state index contributed by atoms with van der Waals surface area (Å²) in [6, 6.07) is 18.5. The molecular weight excluding hydrogens is 300 g/mol. The molecule has 24 heavy (non-hydrogen) atoms. The standard InChI is InChI=1S/C20H20N2O2/c21-20-13-18(17-14-23-19-11-5-4-10-16(17)19)22(24-20)12-6-9-15-7-2-1-3-8-15/h1-5,7-8,10-11,13-14,18H,6,9,12,21H2. The molecule has 1 aliphatic heterocycles. The highest BCUT2D eigenvalue weighted by molar-refractivity contribution is 5.81. The van der Waals surface area contributed by atoms with Crippen molar-refractivity contribution in [2.24, 2.45) is 5.73 Å². The Morgan fingerprint density at radius 1 is 1.00 bits per heavy atom. The quantitative estimate of drug-likeness (QED) is 0.767. The molecule has 1 aliphatic rings. The summed E-state index contributed by atoms with van der Waals surface area (Å²) in [6.45, 7) is 0.802. The first-order valence-corrected chi connectivity index (χ1v) is 8.23. The molecule has 2 aromatic carbocycles. The molecule has 1 atom stereocenters. The first-order valence-electron chi connectivity index (χ1n) is 8.23. The number of aryl methyl sites for hydroxylation is 1. The fraction of sp³-hybridized carbons (Fsp3) is 0.200. The predicted molar refractivity (Wildman–Crippen MR) is 93.8 cm³/mol. The van der Waals surface area contributed by atoms with Crippen LogP contribution in [0.1, 0.15) is 23.6 Å². The molecule has 0 fully saturated rings. The van der Waals surface area contributed by atoms with Crippen molar-refractivity contribution in [3.63, 3.8) is 0 Å². The zero-order valence-corrected chi connectivity index (χ0v) is 13.4. The lowest BCUT2D eigenvalue weighted by Gasteiger charge is -2.22. The third-order valence-corrected chi connectivity index (χ3v) is 4.37. The van der Waals surface area contributed by atoms with Crippen LogP contribution in [0, 0.1) is 0 Å². The smallest absolute Gasteiger partial charge is 0.207 e. The van der Waals surface area contributed by atoms with Crippen LogP contribution in [0.2, 0.25) is 0 Å². The minimum absolute atomic E-state index is 0.00979. The van der Waals surface area contributed by atoms with Crippen LogP contribution in [0.3, 0.4) is 0 Å². The van der Waals surface area contributed by atoms with Crippen LogP contribution < -0.4 is 5.73 Å². The molecule has 3 aromatic rings. The molecule has 0 aliphatic carbocycles. The monoisotopic (exact) mass is 320 g/mol. The maximum Gasteiger partial charge on any atom is 0.207 e. The van der Waals surface area contributed by atoms with E-state index < -0.39 is 0 Å². The summed E-state index contributed by atoms with van der Waals surface area (Å²) in [5.41, 5.74) is 9.22. The highest BCUT2D eigenvalue weighted by Gasteiger charge is 2.29. The molecule has 0 radical (unpaired) electrons. The Labute approximate surface area is 141 Å². The predicted octanol–water partition coefficient (Wildman–Crippen LogP) is 4.15. The van der Waals surface area contributed by atoms with Gasteiger partial charge in [0.05, 0.1) is 12.3 Å². The molecule has 0 saturated heterocycles. The van der Waals surface area contributed by atoms with Crippen molar-refractivity contribution in [3.8, 4) is 0 Å². The van der Waals surface area contributed by atoms with Crippen LogP contribution in [0.4, 0.5) is 0 Å². The highest BCUT2D eigenvalue weighted by atomic mass is 16.7. The van der Waals surface area contributed by atoms with Crippen molar-refractivity contribution in [3.05, 3.63) is 83.9 Å². The van der Waals surface area contributed by atoms with E-state index in [9.17, 15) is 0 Å². The van der Waals surface area contributed by atoms with Crippen LogP contribution in [-0.4, -0.2) is 11.6 Å². The van der Waals surface area contributed by atoms with Crippen molar-refractivity contribution in [1.82, 2.24) is 5.06 Å². The molecule has 4 rings (SSSR count). The number of furan rings is 1. The normalized spacial score (nSPS) is 17.8. The van der Waals surface area contributed by atoms with E-state index in [1.165, 1.54) is 5.56 Å². The lowest BCUT2D eigenvalue weighted by atomic mass is 10.0. The fourth-order valence-corrected chi connectivity index (χ4v) is 3.20. The molecule has 122 valence electrons. The van der Waals surface area contributed by atoms with Gasteiger partial charge >= 0.3 is 0 Å². The van der Waals surface area contributed by atoms with E-state index in [2.05, 4.69) is 30.3 Å². The van der Waals surface area contributed by atoms with Gasteiger partial charge in [0, 0.05) is 23.6 Å². The second-order valence-electron chi connectivity index (χ2n) is 6.02. The lowest BCUT2D eigenvalue weighted by molar-refractivity contribution is -0.120. The van der Waals surface area contributed by atoms with Gasteiger partial charge in [-0.25, -0.2) is 0 Å². The summed E-state index contributed by atoms with van der Waals surface area (Å²) in [4.78, 5) is 5.72. The zero-order chi connectivity index (χ0) is 16.4. The van der Waals surface area contributed by atoms with E-state index >= 15 is 0 Å². The summed E-state index contributed by atoms with van der Waals surface area (Å²) in [6.07, 6.45) is 5.76. The molecule has 0 bridgehead atoms. The highest BCUT2D eigenvalue weighted by Crippen LogP contribution is 2.35. The van der Waals surface area contributed by atoms with E-state index in [-0.39, 0.29) is 6.04 Å². The average molecular weight is 320 g/mol. The Kier molecular flexibility index (Phi) is 3.97. The van der Waals surface area contributed by atoms with Gasteiger partial charge in [0.2, 0.25) is 5.88 Å². The average Bonchev–Trinajstić information content (AvgIpc) is 3.19. The van der Waals surface area contributed by atoms with Crippen LogP contribution in [0.15, 0.2) is 77.2 Å². The van der Waals surface area contributed by atoms with Gasteiger partial charge in [-0.2, -0.15) is 0 Å². The number of para-hydroxylation sites is 1. The van der Waals surface area contributed by atoms with Gasteiger partial charge in [0.15, 0.2) is 0 Å². The summed E-state index contributed by atoms with van der Waals surface area (Å²) in [7, 11) is 0. The van der Waals surface area contributed by atoms with Crippen LogP contribution in [0.5, 0.6) is 0 Å². The van der Waals surface area contributed by atoms with Crippen molar-refractivity contribution in [2.45, 2.75) is 18.9 Å². The Morgan fingerprint density at radius 3 is 2.67 bits per heavy atom. The fourth-order valence-electron chi connectivity index (χ4n) is 3.20. The van der Waals surface area contributed by atoms with E-state index in [1.807, 2.05) is 35.4 Å². The number of hydroxylamine groups is 2. The largest absolute Gasteiger partial charge is 0.464 e. The Morgan fingerprint density at radius 2 is 1.79 bits per heavy atom. The summed E-state index contributed by atoms with van der Waals surface area (Å²) in [5, 5.41) is 3.04. The lowest BCUT2D eigenvalue weighted by Crippen LogP contribution is -2.25. The third-order valence-electron chi connectivity index (χ3n) is 4.37. The molecule has 0 amide bonds. The number of hydrogen-bond donors (Lipinski definition) is 1. The zero-order valence-electron chi connectivity index (χ0n) is 13.4. The summed E-state index contributed by atoms with van der Waals surface area (Å²) < 4.78 is 5.67. The van der Waals surface area contributed by atoms with E-state index in [4.69, 9.17) is 15.0 Å². The molecule has 2 N–H and O–H groups in total. The van der Waals surface area contributed by atoms with E-state index in [0.29, 0.717) is 5.88 Å². The number of fused-ring (bicyclic) bond motifs is 1. The Hall–Kier alpha value is -2.72. The van der Waals surface area contributed by atoms with Crippen LogP contribution in [0.25, 0.3) is 11.0 Å². The summed E-state index contributed by atoms with van der Waals surface area (Å²) in [5.74, 6) is 0.449. The van der Waals surface area contributed by atoms with Gasteiger partial charge in [-0.15, -0.1) is 5.06 Å². The van der Waals surface area contributed by atoms with Gasteiger partial charge < -0.3 is 15.0 Å². The van der Waals surface area contributed by atoms with Gasteiger partial charge in [0.1, 0.15) is 5.58 Å². The van der Waals surface area contributed by atoms with Gasteiger partial charge in [0.25, 0.3) is 0 Å². The molecular formula is C20H20N2O2. The van der Waals surface area contributed by atoms with Gasteiger partial charge in [-0.05, 0) is 24.5 Å². The minimum atomic E-state index is -0.00979. The maximum absolute atomic E-state index is 5.92. The molecule has 1 unspecified atom stereocenters. The van der Waals surface area contributed by atoms with E-state index in [1.54, 1.807) is 6.26 Å². The summed E-state index contributed by atoms with van der Waals surface area (Å²) >= 11 is 0. The van der Waals surface area contributed by atoms with E-state index in [0.717, 1.165) is 35.9 Å². The first-order chi connectivity index (χ1) is 11.8. The van der Waals surface area contributed by atoms with Crippen molar-refractivity contribution in [1.29, 1.82) is 0 Å². The van der Waals surface area contributed by atoms with Crippen LogP contribution in [-0.2, 0) is 11.3 Å². The third kappa shape index (κ3) is 2.88. The Bertz CT molecular complexity index is 854. The second kappa shape index (κ2) is 6.42. The number of hydrogen-bond acceptors (Lipinski definition) is 4. The van der Waals surface area contributed by atoms with Gasteiger partial charge in [-0.3, -0.25) is 0 Å². The van der Waals surface area contributed by atoms with Crippen molar-refractivity contribution >= 4 is 11.0 Å².